The molecule has 1 amide bonds. The Morgan fingerprint density at radius 1 is 1.11 bits per heavy atom. The number of carbonyl (C=O) groups excluding carboxylic acids is 1. The van der Waals surface area contributed by atoms with Crippen LogP contribution < -0.4 is 10.6 Å². The van der Waals surface area contributed by atoms with Crippen LogP contribution in [0.1, 0.15) is 45.4 Å². The maximum Gasteiger partial charge on any atom is 0.407 e. The molecule has 2 fully saturated rings. The van der Waals surface area contributed by atoms with Gasteiger partial charge in [0.05, 0.1) is 36.2 Å². The fraction of sp³-hybridized carbons (Fsp3) is 0.562. The van der Waals surface area contributed by atoms with Crippen LogP contribution >= 0.6 is 0 Å². The monoisotopic (exact) mass is 644 g/mol. The lowest BCUT2D eigenvalue weighted by molar-refractivity contribution is -0.0907. The summed E-state index contributed by atoms with van der Waals surface area (Å²) in [7, 11) is -4.06. The summed E-state index contributed by atoms with van der Waals surface area (Å²) < 4.78 is 51.7. The highest BCUT2D eigenvalue weighted by molar-refractivity contribution is 7.89. The van der Waals surface area contributed by atoms with Gasteiger partial charge in [-0.25, -0.2) is 13.2 Å². The van der Waals surface area contributed by atoms with E-state index in [1.165, 1.54) is 10.4 Å². The van der Waals surface area contributed by atoms with Gasteiger partial charge in [-0.3, -0.25) is 0 Å². The number of carbonyl (C=O) groups is 1. The van der Waals surface area contributed by atoms with E-state index in [0.717, 1.165) is 12.0 Å². The number of aromatic nitrogens is 1. The van der Waals surface area contributed by atoms with Crippen molar-refractivity contribution < 1.29 is 37.1 Å². The van der Waals surface area contributed by atoms with E-state index in [0.29, 0.717) is 29.8 Å². The van der Waals surface area contributed by atoms with E-state index >= 15 is 0 Å². The summed E-state index contributed by atoms with van der Waals surface area (Å²) >= 11 is 0. The van der Waals surface area contributed by atoms with E-state index in [4.69, 9.17) is 18.7 Å². The molecule has 0 radical (unpaired) electrons. The van der Waals surface area contributed by atoms with Gasteiger partial charge in [0.25, 0.3) is 0 Å². The van der Waals surface area contributed by atoms with Crippen molar-refractivity contribution in [2.24, 2.45) is 11.8 Å². The van der Waals surface area contributed by atoms with Crippen LogP contribution in [0.2, 0.25) is 0 Å². The quantitative estimate of drug-likeness (QED) is 0.238. The Morgan fingerprint density at radius 3 is 2.62 bits per heavy atom. The van der Waals surface area contributed by atoms with E-state index in [1.54, 1.807) is 12.1 Å². The summed E-state index contributed by atoms with van der Waals surface area (Å²) in [5.74, 6) is -0.0732. The third kappa shape index (κ3) is 8.21. The molecular formula is C32H44N4O8S. The minimum absolute atomic E-state index is 0.0356. The molecule has 0 bridgehead atoms. The van der Waals surface area contributed by atoms with Gasteiger partial charge in [-0.2, -0.15) is 4.31 Å². The van der Waals surface area contributed by atoms with Gasteiger partial charge in [0, 0.05) is 31.1 Å². The lowest BCUT2D eigenvalue weighted by atomic mass is 10.0. The van der Waals surface area contributed by atoms with Crippen molar-refractivity contribution in [3.63, 3.8) is 0 Å². The van der Waals surface area contributed by atoms with Gasteiger partial charge < -0.3 is 34.5 Å². The molecule has 2 aliphatic rings. The molecule has 1 aromatic heterocycles. The summed E-state index contributed by atoms with van der Waals surface area (Å²) in [6, 6.07) is 13.4. The van der Waals surface area contributed by atoms with Crippen LogP contribution in [-0.2, 0) is 37.2 Å². The van der Waals surface area contributed by atoms with Gasteiger partial charge in [0.1, 0.15) is 11.8 Å². The number of aliphatic hydroxyl groups excluding tert-OH is 1. The van der Waals surface area contributed by atoms with Gasteiger partial charge >= 0.3 is 6.09 Å². The van der Waals surface area contributed by atoms with Crippen LogP contribution in [0.25, 0.3) is 11.0 Å². The SMILES string of the molecule is CC(C)CN(C[C@@H](O)[C@H](Cc1ccccc1)NC(=O)OC1CO[C@H]2OCC[C@@H]12)S(=O)(=O)c1ccc2onc(CNC(C)C)c2c1. The van der Waals surface area contributed by atoms with Gasteiger partial charge in [0.15, 0.2) is 11.9 Å². The normalized spacial score (nSPS) is 21.5. The Kier molecular flexibility index (Phi) is 10.8. The first-order valence-corrected chi connectivity index (χ1v) is 17.0. The Labute approximate surface area is 264 Å². The number of nitrogens with zero attached hydrogens (tertiary/aromatic N) is 2. The maximum absolute atomic E-state index is 14.1. The molecular weight excluding hydrogens is 600 g/mol. The standard InChI is InChI=1S/C32H44N4O8S/c1-20(2)17-36(45(39,40)23-10-11-29-25(15-23)27(35-44-29)16-33-21(3)4)18-28(37)26(14-22-8-6-5-7-9-22)34-32(38)43-30-19-42-31-24(30)12-13-41-31/h5-11,15,20-21,24,26,28,30-31,33,37H,12-14,16-19H2,1-4H3,(H,34,38)/t24-,26-,28+,30?,31+/m0/s1. The summed E-state index contributed by atoms with van der Waals surface area (Å²) in [6.45, 7) is 8.97. The number of amides is 1. The molecule has 13 heteroatoms. The van der Waals surface area contributed by atoms with E-state index in [2.05, 4.69) is 15.8 Å². The van der Waals surface area contributed by atoms with Crippen molar-refractivity contribution in [3.8, 4) is 0 Å². The van der Waals surface area contributed by atoms with E-state index in [9.17, 15) is 18.3 Å². The molecule has 2 saturated heterocycles. The number of sulfonamides is 1. The smallest absolute Gasteiger partial charge is 0.407 e. The fourth-order valence-corrected chi connectivity index (χ4v) is 7.39. The van der Waals surface area contributed by atoms with E-state index < -0.39 is 34.4 Å². The number of aliphatic hydroxyl groups is 1. The molecule has 0 spiro atoms. The van der Waals surface area contributed by atoms with Gasteiger partial charge in [-0.15, -0.1) is 0 Å². The van der Waals surface area contributed by atoms with Crippen LogP contribution in [0.5, 0.6) is 0 Å². The van der Waals surface area contributed by atoms with Gasteiger partial charge in [0.2, 0.25) is 10.0 Å². The number of hydrogen-bond acceptors (Lipinski definition) is 10. The Balaban J connectivity index is 1.36. The molecule has 246 valence electrons. The predicted octanol–water partition coefficient (Wildman–Crippen LogP) is 3.43. The number of benzene rings is 2. The molecule has 1 unspecified atom stereocenters. The minimum Gasteiger partial charge on any atom is -0.443 e. The summed E-state index contributed by atoms with van der Waals surface area (Å²) in [6.07, 6.45) is -1.78. The molecule has 3 heterocycles. The van der Waals surface area contributed by atoms with Gasteiger partial charge in [-0.1, -0.05) is 63.2 Å². The summed E-state index contributed by atoms with van der Waals surface area (Å²) in [5.41, 5.74) is 1.97. The zero-order valence-corrected chi connectivity index (χ0v) is 27.0. The first kappa shape index (κ1) is 33.3. The average Bonchev–Trinajstić information content (AvgIpc) is 3.73. The molecule has 0 aliphatic carbocycles. The molecule has 5 rings (SSSR count). The van der Waals surface area contributed by atoms with Gasteiger partial charge in [-0.05, 0) is 42.5 Å². The molecule has 12 nitrogen and oxygen atoms in total. The number of ether oxygens (including phenoxy) is 3. The zero-order chi connectivity index (χ0) is 32.1. The molecule has 3 aromatic rings. The fourth-order valence-electron chi connectivity index (χ4n) is 5.74. The third-order valence-corrected chi connectivity index (χ3v) is 9.93. The lowest BCUT2D eigenvalue weighted by Gasteiger charge is -2.31. The second-order valence-corrected chi connectivity index (χ2v) is 14.5. The highest BCUT2D eigenvalue weighted by atomic mass is 32.2. The first-order chi connectivity index (χ1) is 21.5. The maximum atomic E-state index is 14.1. The number of rotatable bonds is 14. The summed E-state index contributed by atoms with van der Waals surface area (Å²) in [4.78, 5) is 13.2. The average molecular weight is 645 g/mol. The first-order valence-electron chi connectivity index (χ1n) is 15.6. The predicted molar refractivity (Wildman–Crippen MR) is 167 cm³/mol. The van der Waals surface area contributed by atoms with E-state index in [-0.39, 0.29) is 55.2 Å². The van der Waals surface area contributed by atoms with Crippen LogP contribution in [0.15, 0.2) is 57.9 Å². The molecule has 5 atom stereocenters. The highest BCUT2D eigenvalue weighted by Gasteiger charge is 2.44. The lowest BCUT2D eigenvalue weighted by Crippen LogP contribution is -2.51. The number of nitrogens with one attached hydrogen (secondary N) is 2. The third-order valence-electron chi connectivity index (χ3n) is 8.10. The minimum atomic E-state index is -4.06. The molecule has 2 aromatic carbocycles. The van der Waals surface area contributed by atoms with Crippen LogP contribution in [-0.4, -0.2) is 86.0 Å². The molecule has 2 aliphatic heterocycles. The van der Waals surface area contributed by atoms with Crippen molar-refractivity contribution in [2.45, 2.75) is 82.6 Å². The van der Waals surface area contributed by atoms with Crippen molar-refractivity contribution in [2.75, 3.05) is 26.3 Å². The second kappa shape index (κ2) is 14.6. The van der Waals surface area contributed by atoms with Crippen molar-refractivity contribution >= 4 is 27.1 Å². The highest BCUT2D eigenvalue weighted by Crippen LogP contribution is 2.33. The second-order valence-electron chi connectivity index (χ2n) is 12.5. The number of fused-ring (bicyclic) bond motifs is 2. The topological polar surface area (TPSA) is 152 Å². The Morgan fingerprint density at radius 2 is 1.89 bits per heavy atom. The Hall–Kier alpha value is -3.07. The number of hydrogen-bond donors (Lipinski definition) is 3. The van der Waals surface area contributed by atoms with Crippen LogP contribution in [0.4, 0.5) is 4.79 Å². The molecule has 45 heavy (non-hydrogen) atoms. The van der Waals surface area contributed by atoms with E-state index in [1.807, 2.05) is 58.0 Å². The molecule has 0 saturated carbocycles. The van der Waals surface area contributed by atoms with Crippen LogP contribution in [0, 0.1) is 11.8 Å². The summed E-state index contributed by atoms with van der Waals surface area (Å²) in [5, 5.41) is 22.4. The zero-order valence-electron chi connectivity index (χ0n) is 26.2. The van der Waals surface area contributed by atoms with Crippen molar-refractivity contribution in [1.29, 1.82) is 0 Å². The van der Waals surface area contributed by atoms with Crippen molar-refractivity contribution in [1.82, 2.24) is 20.1 Å². The van der Waals surface area contributed by atoms with Crippen LogP contribution in [0.3, 0.4) is 0 Å². The largest absolute Gasteiger partial charge is 0.443 e. The Bertz CT molecular complexity index is 1530. The molecule has 3 N–H and O–H groups in total. The number of alkyl carbamates (subject to hydrolysis) is 1. The van der Waals surface area contributed by atoms with Crippen molar-refractivity contribution in [3.05, 3.63) is 59.8 Å².